The van der Waals surface area contributed by atoms with E-state index >= 15 is 0 Å². The number of fused-ring (bicyclic) bond motifs is 1. The second-order valence-electron chi connectivity index (χ2n) is 6.10. The summed E-state index contributed by atoms with van der Waals surface area (Å²) in [6.45, 7) is 4.00. The van der Waals surface area contributed by atoms with Crippen molar-refractivity contribution in [1.29, 1.82) is 0 Å². The molecule has 0 bridgehead atoms. The first kappa shape index (κ1) is 17.0. The van der Waals surface area contributed by atoms with Crippen LogP contribution >= 0.6 is 0 Å². The Bertz CT molecular complexity index is 931. The van der Waals surface area contributed by atoms with Crippen molar-refractivity contribution in [2.24, 2.45) is 7.05 Å². The van der Waals surface area contributed by atoms with Crippen molar-refractivity contribution >= 4 is 22.5 Å². The van der Waals surface area contributed by atoms with Gasteiger partial charge in [0.1, 0.15) is 5.75 Å². The van der Waals surface area contributed by atoms with Gasteiger partial charge in [-0.3, -0.25) is 14.5 Å². The maximum absolute atomic E-state index is 12.3. The molecule has 3 aromatic rings. The van der Waals surface area contributed by atoms with Gasteiger partial charge in [0.25, 0.3) is 0 Å². The van der Waals surface area contributed by atoms with Crippen molar-refractivity contribution in [3.8, 4) is 5.75 Å². The Morgan fingerprint density at radius 1 is 1.28 bits per heavy atom. The summed E-state index contributed by atoms with van der Waals surface area (Å²) in [5.74, 6) is 0.733. The van der Waals surface area contributed by atoms with E-state index in [1.54, 1.807) is 13.3 Å². The highest BCUT2D eigenvalue weighted by atomic mass is 16.5. The number of hydrogen-bond acceptors (Lipinski definition) is 4. The van der Waals surface area contributed by atoms with Crippen molar-refractivity contribution < 1.29 is 9.53 Å². The van der Waals surface area contributed by atoms with E-state index in [2.05, 4.69) is 15.4 Å². The smallest absolute Gasteiger partial charge is 0.224 e. The molecule has 0 saturated carbocycles. The first-order valence-corrected chi connectivity index (χ1v) is 8.20. The summed E-state index contributed by atoms with van der Waals surface area (Å²) in [6, 6.07) is 7.60. The average Bonchev–Trinajstić information content (AvgIpc) is 2.84. The molecule has 6 heteroatoms. The maximum atomic E-state index is 12.3. The van der Waals surface area contributed by atoms with Gasteiger partial charge in [-0.15, -0.1) is 0 Å². The Labute approximate surface area is 146 Å². The zero-order chi connectivity index (χ0) is 18.0. The molecule has 0 fully saturated rings. The summed E-state index contributed by atoms with van der Waals surface area (Å²) in [4.78, 5) is 16.7. The lowest BCUT2D eigenvalue weighted by Crippen LogP contribution is -2.13. The fourth-order valence-electron chi connectivity index (χ4n) is 2.94. The average molecular weight is 338 g/mol. The lowest BCUT2D eigenvalue weighted by molar-refractivity contribution is -0.116. The molecule has 3 rings (SSSR count). The fourth-order valence-corrected chi connectivity index (χ4v) is 2.94. The third-order valence-electron chi connectivity index (χ3n) is 4.44. The van der Waals surface area contributed by atoms with Crippen molar-refractivity contribution in [2.75, 3.05) is 12.4 Å². The molecule has 0 atom stereocenters. The lowest BCUT2D eigenvalue weighted by atomic mass is 10.1. The molecule has 0 aliphatic carbocycles. The van der Waals surface area contributed by atoms with E-state index < -0.39 is 0 Å². The van der Waals surface area contributed by atoms with Crippen LogP contribution in [0.5, 0.6) is 5.75 Å². The highest BCUT2D eigenvalue weighted by Gasteiger charge is 2.12. The van der Waals surface area contributed by atoms with Crippen LogP contribution in [0.25, 0.3) is 10.9 Å². The van der Waals surface area contributed by atoms with Crippen LogP contribution in [0.4, 0.5) is 5.69 Å². The van der Waals surface area contributed by atoms with E-state index in [4.69, 9.17) is 4.74 Å². The summed E-state index contributed by atoms with van der Waals surface area (Å²) in [7, 11) is 3.54. The minimum absolute atomic E-state index is 0.0303. The predicted octanol–water partition coefficient (Wildman–Crippen LogP) is 3.17. The first-order valence-electron chi connectivity index (χ1n) is 8.20. The lowest BCUT2D eigenvalue weighted by Gasteiger charge is -2.07. The summed E-state index contributed by atoms with van der Waals surface area (Å²) in [6.07, 6.45) is 2.75. The minimum Gasteiger partial charge on any atom is -0.497 e. The van der Waals surface area contributed by atoms with Gasteiger partial charge in [0.05, 0.1) is 30.2 Å². The van der Waals surface area contributed by atoms with Gasteiger partial charge in [-0.1, -0.05) is 0 Å². The molecule has 130 valence electrons. The van der Waals surface area contributed by atoms with Crippen molar-refractivity contribution in [1.82, 2.24) is 14.8 Å². The molecule has 0 aliphatic heterocycles. The molecule has 2 heterocycles. The zero-order valence-corrected chi connectivity index (χ0v) is 15.0. The van der Waals surface area contributed by atoms with Gasteiger partial charge in [-0.25, -0.2) is 0 Å². The van der Waals surface area contributed by atoms with E-state index in [0.29, 0.717) is 18.5 Å². The third-order valence-corrected chi connectivity index (χ3v) is 4.44. The highest BCUT2D eigenvalue weighted by molar-refractivity contribution is 5.93. The molecule has 1 amide bonds. The van der Waals surface area contributed by atoms with Crippen molar-refractivity contribution in [2.45, 2.75) is 26.7 Å². The normalized spacial score (nSPS) is 10.9. The van der Waals surface area contributed by atoms with Gasteiger partial charge in [-0.2, -0.15) is 5.10 Å². The van der Waals surface area contributed by atoms with E-state index in [1.807, 2.05) is 49.8 Å². The number of aryl methyl sites for hydroxylation is 2. The molecule has 0 aliphatic rings. The number of carbonyl (C=O) groups excluding carboxylic acids is 1. The first-order chi connectivity index (χ1) is 12.0. The van der Waals surface area contributed by atoms with Crippen LogP contribution in [0.1, 0.15) is 23.4 Å². The fraction of sp³-hybridized carbons (Fsp3) is 0.316. The molecule has 2 aromatic heterocycles. The Hall–Kier alpha value is -2.89. The molecular formula is C19H22N4O2. The number of anilines is 1. The van der Waals surface area contributed by atoms with Crippen LogP contribution in [0.3, 0.4) is 0 Å². The number of aromatic nitrogens is 3. The standard InChI is InChI=1S/C19H22N4O2/c1-12-17(13(2)23(3)22-12)7-8-19(24)21-15-9-14-5-6-16(25-4)10-18(14)20-11-15/h5-6,9-11H,7-8H2,1-4H3,(H,21,24). The van der Waals surface area contributed by atoms with Gasteiger partial charge in [0.2, 0.25) is 5.91 Å². The largest absolute Gasteiger partial charge is 0.497 e. The van der Waals surface area contributed by atoms with Crippen LogP contribution in [-0.2, 0) is 18.3 Å². The monoisotopic (exact) mass is 338 g/mol. The number of pyridine rings is 1. The molecule has 0 radical (unpaired) electrons. The molecule has 6 nitrogen and oxygen atoms in total. The second kappa shape index (κ2) is 6.93. The summed E-state index contributed by atoms with van der Waals surface area (Å²) >= 11 is 0. The predicted molar refractivity (Wildman–Crippen MR) is 97.9 cm³/mol. The third kappa shape index (κ3) is 3.63. The van der Waals surface area contributed by atoms with E-state index in [1.165, 1.54) is 0 Å². The molecule has 1 aromatic carbocycles. The number of nitrogens with zero attached hydrogens (tertiary/aromatic N) is 3. The van der Waals surface area contributed by atoms with E-state index in [9.17, 15) is 4.79 Å². The molecule has 0 saturated heterocycles. The Balaban J connectivity index is 1.67. The Morgan fingerprint density at radius 2 is 2.08 bits per heavy atom. The summed E-state index contributed by atoms with van der Waals surface area (Å²) < 4.78 is 7.05. The maximum Gasteiger partial charge on any atom is 0.224 e. The van der Waals surface area contributed by atoms with Gasteiger partial charge < -0.3 is 10.1 Å². The zero-order valence-electron chi connectivity index (χ0n) is 15.0. The molecular weight excluding hydrogens is 316 g/mol. The van der Waals surface area contributed by atoms with Crippen LogP contribution in [-0.4, -0.2) is 27.8 Å². The summed E-state index contributed by atoms with van der Waals surface area (Å²) in [5.41, 5.74) is 4.75. The van der Waals surface area contributed by atoms with Crippen molar-refractivity contribution in [3.63, 3.8) is 0 Å². The number of amides is 1. The van der Waals surface area contributed by atoms with Crippen LogP contribution in [0.15, 0.2) is 30.5 Å². The van der Waals surface area contributed by atoms with Gasteiger partial charge in [0.15, 0.2) is 0 Å². The number of rotatable bonds is 5. The van der Waals surface area contributed by atoms with E-state index in [-0.39, 0.29) is 5.91 Å². The topological polar surface area (TPSA) is 69.0 Å². The van der Waals surface area contributed by atoms with Gasteiger partial charge in [0, 0.05) is 30.6 Å². The highest BCUT2D eigenvalue weighted by Crippen LogP contribution is 2.22. The van der Waals surface area contributed by atoms with Crippen LogP contribution in [0, 0.1) is 13.8 Å². The second-order valence-corrected chi connectivity index (χ2v) is 6.10. The Kier molecular flexibility index (Phi) is 4.70. The number of ether oxygens (including phenoxy) is 1. The Morgan fingerprint density at radius 3 is 2.76 bits per heavy atom. The number of carbonyl (C=O) groups is 1. The molecule has 25 heavy (non-hydrogen) atoms. The van der Waals surface area contributed by atoms with Crippen LogP contribution < -0.4 is 10.1 Å². The number of benzene rings is 1. The van der Waals surface area contributed by atoms with Crippen LogP contribution in [0.2, 0.25) is 0 Å². The molecule has 1 N–H and O–H groups in total. The quantitative estimate of drug-likeness (QED) is 0.776. The number of nitrogens with one attached hydrogen (secondary N) is 1. The van der Waals surface area contributed by atoms with Gasteiger partial charge in [-0.05, 0) is 44.0 Å². The number of methoxy groups -OCH3 is 1. The molecule has 0 spiro atoms. The van der Waals surface area contributed by atoms with E-state index in [0.717, 1.165) is 33.6 Å². The summed E-state index contributed by atoms with van der Waals surface area (Å²) in [5, 5.41) is 8.26. The number of hydrogen-bond donors (Lipinski definition) is 1. The van der Waals surface area contributed by atoms with Crippen molar-refractivity contribution in [3.05, 3.63) is 47.4 Å². The SMILES string of the molecule is COc1ccc2cc(NC(=O)CCc3c(C)nn(C)c3C)cnc2c1. The molecule has 0 unspecified atom stereocenters. The minimum atomic E-state index is -0.0303. The van der Waals surface area contributed by atoms with Gasteiger partial charge >= 0.3 is 0 Å².